The standard InChI is InChI=1S/C14H18O2/c1-14(9-10-14)13(15)8-5-11-3-6-12(16-2)7-4-11/h3-4,6-7H,5,8-10H2,1-2H3. The molecule has 0 radical (unpaired) electrons. The molecule has 1 aliphatic rings. The van der Waals surface area contributed by atoms with E-state index in [4.69, 9.17) is 4.74 Å². The van der Waals surface area contributed by atoms with Crippen molar-refractivity contribution in [2.45, 2.75) is 32.6 Å². The molecule has 2 rings (SSSR count). The van der Waals surface area contributed by atoms with Crippen molar-refractivity contribution < 1.29 is 9.53 Å². The minimum absolute atomic E-state index is 0.0203. The van der Waals surface area contributed by atoms with Gasteiger partial charge < -0.3 is 4.74 Å². The zero-order chi connectivity index (χ0) is 11.6. The number of carbonyl (C=O) groups excluding carboxylic acids is 1. The molecule has 0 aliphatic heterocycles. The number of ketones is 1. The second kappa shape index (κ2) is 4.28. The van der Waals surface area contributed by atoms with Crippen LogP contribution < -0.4 is 4.74 Å². The van der Waals surface area contributed by atoms with Crippen molar-refractivity contribution in [2.24, 2.45) is 5.41 Å². The zero-order valence-electron chi connectivity index (χ0n) is 9.95. The van der Waals surface area contributed by atoms with Crippen LogP contribution in [0.5, 0.6) is 5.75 Å². The number of hydrogen-bond donors (Lipinski definition) is 0. The van der Waals surface area contributed by atoms with Crippen LogP contribution in [-0.4, -0.2) is 12.9 Å². The Morgan fingerprint density at radius 2 is 1.94 bits per heavy atom. The van der Waals surface area contributed by atoms with E-state index in [-0.39, 0.29) is 5.41 Å². The van der Waals surface area contributed by atoms with Gasteiger partial charge in [0.15, 0.2) is 0 Å². The monoisotopic (exact) mass is 218 g/mol. The molecular weight excluding hydrogens is 200 g/mol. The number of benzene rings is 1. The van der Waals surface area contributed by atoms with Crippen molar-refractivity contribution in [3.63, 3.8) is 0 Å². The van der Waals surface area contributed by atoms with Gasteiger partial charge >= 0.3 is 0 Å². The molecule has 0 saturated heterocycles. The predicted octanol–water partition coefficient (Wildman–Crippen LogP) is 3.00. The van der Waals surface area contributed by atoms with Gasteiger partial charge in [-0.15, -0.1) is 0 Å². The highest BCUT2D eigenvalue weighted by molar-refractivity contribution is 5.87. The number of carbonyl (C=O) groups is 1. The maximum absolute atomic E-state index is 11.8. The van der Waals surface area contributed by atoms with Crippen LogP contribution in [0.4, 0.5) is 0 Å². The summed E-state index contributed by atoms with van der Waals surface area (Å²) < 4.78 is 5.09. The van der Waals surface area contributed by atoms with E-state index in [0.29, 0.717) is 12.2 Å². The number of methoxy groups -OCH3 is 1. The summed E-state index contributed by atoms with van der Waals surface area (Å²) in [6, 6.07) is 7.94. The van der Waals surface area contributed by atoms with Crippen molar-refractivity contribution in [1.29, 1.82) is 0 Å². The number of aryl methyl sites for hydroxylation is 1. The molecule has 1 saturated carbocycles. The van der Waals surface area contributed by atoms with Crippen LogP contribution in [0.2, 0.25) is 0 Å². The van der Waals surface area contributed by atoms with Crippen LogP contribution in [-0.2, 0) is 11.2 Å². The Bertz CT molecular complexity index is 374. The summed E-state index contributed by atoms with van der Waals surface area (Å²) in [4.78, 5) is 11.8. The van der Waals surface area contributed by atoms with Gasteiger partial charge in [-0.25, -0.2) is 0 Å². The quantitative estimate of drug-likeness (QED) is 0.759. The molecule has 0 bridgehead atoms. The summed E-state index contributed by atoms with van der Waals surface area (Å²) in [5.41, 5.74) is 1.23. The molecule has 1 aromatic rings. The SMILES string of the molecule is COc1ccc(CCC(=O)C2(C)CC2)cc1. The van der Waals surface area contributed by atoms with Crippen LogP contribution in [0.3, 0.4) is 0 Å². The third kappa shape index (κ3) is 2.43. The number of rotatable bonds is 5. The van der Waals surface area contributed by atoms with Crippen molar-refractivity contribution >= 4 is 5.78 Å². The van der Waals surface area contributed by atoms with E-state index in [1.807, 2.05) is 24.3 Å². The maximum Gasteiger partial charge on any atom is 0.139 e. The van der Waals surface area contributed by atoms with Gasteiger partial charge in [0.1, 0.15) is 11.5 Å². The topological polar surface area (TPSA) is 26.3 Å². The van der Waals surface area contributed by atoms with Crippen LogP contribution in [0.25, 0.3) is 0 Å². The van der Waals surface area contributed by atoms with E-state index in [9.17, 15) is 4.79 Å². The Labute approximate surface area is 96.6 Å². The summed E-state index contributed by atoms with van der Waals surface area (Å²) >= 11 is 0. The predicted molar refractivity (Wildman–Crippen MR) is 63.7 cm³/mol. The second-order valence-corrected chi connectivity index (χ2v) is 4.83. The summed E-state index contributed by atoms with van der Waals surface area (Å²) in [5, 5.41) is 0. The van der Waals surface area contributed by atoms with Gasteiger partial charge in [0.05, 0.1) is 7.11 Å². The first-order valence-electron chi connectivity index (χ1n) is 5.80. The van der Waals surface area contributed by atoms with E-state index < -0.39 is 0 Å². The van der Waals surface area contributed by atoms with E-state index >= 15 is 0 Å². The van der Waals surface area contributed by atoms with Crippen LogP contribution in [0, 0.1) is 5.41 Å². The van der Waals surface area contributed by atoms with Gasteiger partial charge in [0.25, 0.3) is 0 Å². The molecule has 0 unspecified atom stereocenters. The molecule has 1 aromatic carbocycles. The maximum atomic E-state index is 11.8. The molecule has 1 fully saturated rings. The molecule has 2 nitrogen and oxygen atoms in total. The molecule has 0 amide bonds. The largest absolute Gasteiger partial charge is 0.497 e. The van der Waals surface area contributed by atoms with Crippen LogP contribution in [0.15, 0.2) is 24.3 Å². The van der Waals surface area contributed by atoms with E-state index in [0.717, 1.165) is 25.0 Å². The lowest BCUT2D eigenvalue weighted by Crippen LogP contribution is -2.12. The number of ether oxygens (including phenoxy) is 1. The first-order chi connectivity index (χ1) is 7.64. The number of Topliss-reactive ketones (excluding diaryl/α,β-unsaturated/α-hetero) is 1. The van der Waals surface area contributed by atoms with Gasteiger partial charge in [0.2, 0.25) is 0 Å². The molecule has 0 spiro atoms. The van der Waals surface area contributed by atoms with Crippen LogP contribution >= 0.6 is 0 Å². The third-order valence-electron chi connectivity index (χ3n) is 3.47. The Balaban J connectivity index is 1.87. The highest BCUT2D eigenvalue weighted by Gasteiger charge is 2.43. The van der Waals surface area contributed by atoms with Crippen molar-refractivity contribution in [3.05, 3.63) is 29.8 Å². The molecule has 86 valence electrons. The molecule has 1 aliphatic carbocycles. The molecule has 0 N–H and O–H groups in total. The van der Waals surface area contributed by atoms with E-state index in [1.54, 1.807) is 7.11 Å². The molecule has 0 aromatic heterocycles. The lowest BCUT2D eigenvalue weighted by Gasteiger charge is -2.07. The van der Waals surface area contributed by atoms with E-state index in [1.165, 1.54) is 5.56 Å². The fourth-order valence-corrected chi connectivity index (χ4v) is 1.82. The van der Waals surface area contributed by atoms with Gasteiger partial charge in [-0.2, -0.15) is 0 Å². The Morgan fingerprint density at radius 1 is 1.31 bits per heavy atom. The third-order valence-corrected chi connectivity index (χ3v) is 3.47. The summed E-state index contributed by atoms with van der Waals surface area (Å²) in [5.74, 6) is 1.28. The Morgan fingerprint density at radius 3 is 2.44 bits per heavy atom. The van der Waals surface area contributed by atoms with Gasteiger partial charge in [-0.05, 0) is 37.0 Å². The van der Waals surface area contributed by atoms with Crippen LogP contribution in [0.1, 0.15) is 31.7 Å². The van der Waals surface area contributed by atoms with Gasteiger partial charge in [-0.3, -0.25) is 4.79 Å². The zero-order valence-corrected chi connectivity index (χ0v) is 9.95. The highest BCUT2D eigenvalue weighted by Crippen LogP contribution is 2.46. The lowest BCUT2D eigenvalue weighted by atomic mass is 9.97. The molecule has 16 heavy (non-hydrogen) atoms. The normalized spacial score (nSPS) is 16.9. The van der Waals surface area contributed by atoms with Crippen molar-refractivity contribution in [2.75, 3.05) is 7.11 Å². The minimum Gasteiger partial charge on any atom is -0.497 e. The summed E-state index contributed by atoms with van der Waals surface area (Å²) in [7, 11) is 1.66. The average Bonchev–Trinajstić information content (AvgIpc) is 3.06. The molecule has 2 heteroatoms. The van der Waals surface area contributed by atoms with Gasteiger partial charge in [0, 0.05) is 11.8 Å². The summed E-state index contributed by atoms with van der Waals surface area (Å²) in [6.45, 7) is 2.07. The molecular formula is C14H18O2. The Hall–Kier alpha value is -1.31. The highest BCUT2D eigenvalue weighted by atomic mass is 16.5. The number of hydrogen-bond acceptors (Lipinski definition) is 2. The first-order valence-corrected chi connectivity index (χ1v) is 5.80. The Kier molecular flexibility index (Phi) is 2.99. The van der Waals surface area contributed by atoms with Crippen molar-refractivity contribution in [3.8, 4) is 5.75 Å². The summed E-state index contributed by atoms with van der Waals surface area (Å²) in [6.07, 6.45) is 3.67. The van der Waals surface area contributed by atoms with Crippen molar-refractivity contribution in [1.82, 2.24) is 0 Å². The fraction of sp³-hybridized carbons (Fsp3) is 0.500. The smallest absolute Gasteiger partial charge is 0.139 e. The first kappa shape index (κ1) is 11.2. The molecule has 0 heterocycles. The van der Waals surface area contributed by atoms with E-state index in [2.05, 4.69) is 6.92 Å². The van der Waals surface area contributed by atoms with Gasteiger partial charge in [-0.1, -0.05) is 19.1 Å². The minimum atomic E-state index is 0.0203. The average molecular weight is 218 g/mol. The lowest BCUT2D eigenvalue weighted by molar-refractivity contribution is -0.123. The fourth-order valence-electron chi connectivity index (χ4n) is 1.82. The second-order valence-electron chi connectivity index (χ2n) is 4.83. The molecule has 0 atom stereocenters.